The first kappa shape index (κ1) is 11.9. The predicted molar refractivity (Wildman–Crippen MR) is 49.3 cm³/mol. The number of carbonyl (C=O) groups excluding carboxylic acids is 1. The molecule has 0 aliphatic heterocycles. The third-order valence-electron chi connectivity index (χ3n) is 2.07. The van der Waals surface area contributed by atoms with Crippen LogP contribution < -0.4 is 5.32 Å². The summed E-state index contributed by atoms with van der Waals surface area (Å²) in [7, 11) is 0. The first-order valence-electron chi connectivity index (χ1n) is 4.37. The van der Waals surface area contributed by atoms with Crippen molar-refractivity contribution in [2.45, 2.75) is 39.2 Å². The van der Waals surface area contributed by atoms with Crippen molar-refractivity contribution in [3.05, 3.63) is 0 Å². The smallest absolute Gasteiger partial charge is 0.329 e. The highest BCUT2D eigenvalue weighted by Crippen LogP contribution is 2.16. The zero-order valence-electron chi connectivity index (χ0n) is 8.33. The number of rotatable bonds is 6. The van der Waals surface area contributed by atoms with Gasteiger partial charge in [-0.05, 0) is 25.7 Å². The zero-order chi connectivity index (χ0) is 10.5. The van der Waals surface area contributed by atoms with Crippen LogP contribution in [0.2, 0.25) is 0 Å². The molecule has 0 heterocycles. The molecule has 0 saturated heterocycles. The van der Waals surface area contributed by atoms with Gasteiger partial charge in [-0.1, -0.05) is 13.8 Å². The molecule has 1 unspecified atom stereocenters. The highest BCUT2D eigenvalue weighted by Gasteiger charge is 2.31. The fourth-order valence-electron chi connectivity index (χ4n) is 0.948. The highest BCUT2D eigenvalue weighted by molar-refractivity contribution is 5.80. The molecule has 0 aromatic rings. The van der Waals surface area contributed by atoms with E-state index in [9.17, 15) is 9.59 Å². The largest absolute Gasteiger partial charge is 0.480 e. The summed E-state index contributed by atoms with van der Waals surface area (Å²) in [6, 6.07) is 0. The second kappa shape index (κ2) is 4.84. The Balaban J connectivity index is 4.23. The molecular weight excluding hydrogens is 170 g/mol. The summed E-state index contributed by atoms with van der Waals surface area (Å²) in [5.41, 5.74) is -1.12. The molecule has 4 heteroatoms. The summed E-state index contributed by atoms with van der Waals surface area (Å²) in [4.78, 5) is 21.0. The van der Waals surface area contributed by atoms with E-state index in [1.54, 1.807) is 0 Å². The van der Waals surface area contributed by atoms with E-state index in [0.29, 0.717) is 18.7 Å². The molecule has 0 aromatic carbocycles. The van der Waals surface area contributed by atoms with E-state index in [4.69, 9.17) is 5.11 Å². The lowest BCUT2D eigenvalue weighted by Gasteiger charge is -2.24. The Morgan fingerprint density at radius 3 is 2.46 bits per heavy atom. The van der Waals surface area contributed by atoms with Gasteiger partial charge < -0.3 is 10.4 Å². The Kier molecular flexibility index (Phi) is 4.45. The maximum atomic E-state index is 10.8. The van der Waals surface area contributed by atoms with Gasteiger partial charge in [0, 0.05) is 0 Å². The van der Waals surface area contributed by atoms with Crippen molar-refractivity contribution in [1.82, 2.24) is 5.32 Å². The number of hydrogen-bond donors (Lipinski definition) is 2. The maximum absolute atomic E-state index is 10.8. The van der Waals surface area contributed by atoms with Crippen molar-refractivity contribution in [3.8, 4) is 0 Å². The second-order valence-corrected chi connectivity index (χ2v) is 3.83. The average Bonchev–Trinajstić information content (AvgIpc) is 2.01. The van der Waals surface area contributed by atoms with Gasteiger partial charge in [0.05, 0.1) is 0 Å². The van der Waals surface area contributed by atoms with Crippen molar-refractivity contribution in [2.24, 2.45) is 5.92 Å². The van der Waals surface area contributed by atoms with Gasteiger partial charge in [0.2, 0.25) is 6.41 Å². The van der Waals surface area contributed by atoms with Crippen LogP contribution in [0.4, 0.5) is 0 Å². The van der Waals surface area contributed by atoms with Crippen LogP contribution in [-0.2, 0) is 9.59 Å². The minimum atomic E-state index is -1.12. The molecule has 4 nitrogen and oxygen atoms in total. The quantitative estimate of drug-likeness (QED) is 0.610. The fraction of sp³-hybridized carbons (Fsp3) is 0.778. The Bertz CT molecular complexity index is 191. The van der Waals surface area contributed by atoms with Crippen LogP contribution in [0.1, 0.15) is 33.6 Å². The maximum Gasteiger partial charge on any atom is 0.329 e. The van der Waals surface area contributed by atoms with Gasteiger partial charge in [0.1, 0.15) is 5.54 Å². The van der Waals surface area contributed by atoms with Crippen LogP contribution >= 0.6 is 0 Å². The second-order valence-electron chi connectivity index (χ2n) is 3.83. The normalized spacial score (nSPS) is 15.1. The third-order valence-corrected chi connectivity index (χ3v) is 2.07. The Labute approximate surface area is 78.3 Å². The molecule has 0 saturated carbocycles. The summed E-state index contributed by atoms with van der Waals surface area (Å²) in [5, 5.41) is 11.2. The number of carboxylic acid groups (broad SMARTS) is 1. The van der Waals surface area contributed by atoms with Gasteiger partial charge >= 0.3 is 5.97 Å². The zero-order valence-corrected chi connectivity index (χ0v) is 8.33. The van der Waals surface area contributed by atoms with Gasteiger partial charge in [-0.25, -0.2) is 4.79 Å². The summed E-state index contributed by atoms with van der Waals surface area (Å²) >= 11 is 0. The minimum Gasteiger partial charge on any atom is -0.480 e. The first-order chi connectivity index (χ1) is 5.92. The summed E-state index contributed by atoms with van der Waals surface area (Å²) < 4.78 is 0. The van der Waals surface area contributed by atoms with Crippen molar-refractivity contribution >= 4 is 12.4 Å². The molecule has 13 heavy (non-hydrogen) atoms. The van der Waals surface area contributed by atoms with Crippen molar-refractivity contribution < 1.29 is 14.7 Å². The molecule has 0 rings (SSSR count). The highest BCUT2D eigenvalue weighted by atomic mass is 16.4. The van der Waals surface area contributed by atoms with Gasteiger partial charge in [-0.15, -0.1) is 0 Å². The first-order valence-corrected chi connectivity index (χ1v) is 4.37. The van der Waals surface area contributed by atoms with Crippen LogP contribution in [0.25, 0.3) is 0 Å². The van der Waals surface area contributed by atoms with E-state index in [1.807, 2.05) is 13.8 Å². The predicted octanol–water partition coefficient (Wildman–Crippen LogP) is 1.01. The molecule has 0 aliphatic rings. The number of carboxylic acids is 1. The number of nitrogens with one attached hydrogen (secondary N) is 1. The molecule has 1 atom stereocenters. The number of amides is 1. The molecule has 0 fully saturated rings. The van der Waals surface area contributed by atoms with Crippen LogP contribution in [0.15, 0.2) is 0 Å². The molecule has 0 radical (unpaired) electrons. The minimum absolute atomic E-state index is 0.437. The van der Waals surface area contributed by atoms with E-state index >= 15 is 0 Å². The summed E-state index contributed by atoms with van der Waals surface area (Å²) in [6.45, 7) is 5.55. The average molecular weight is 187 g/mol. The lowest BCUT2D eigenvalue weighted by molar-refractivity contribution is -0.145. The van der Waals surface area contributed by atoms with E-state index in [2.05, 4.69) is 5.32 Å². The topological polar surface area (TPSA) is 66.4 Å². The summed E-state index contributed by atoms with van der Waals surface area (Å²) in [6.07, 6.45) is 1.68. The molecule has 76 valence electrons. The lowest BCUT2D eigenvalue weighted by atomic mass is 9.92. The lowest BCUT2D eigenvalue weighted by Crippen LogP contribution is -2.48. The van der Waals surface area contributed by atoms with Crippen molar-refractivity contribution in [1.29, 1.82) is 0 Å². The molecule has 0 spiro atoms. The molecular formula is C9H17NO3. The number of hydrogen-bond acceptors (Lipinski definition) is 2. The van der Waals surface area contributed by atoms with E-state index in [-0.39, 0.29) is 0 Å². The van der Waals surface area contributed by atoms with Gasteiger partial charge in [0.15, 0.2) is 0 Å². The molecule has 0 aliphatic carbocycles. The number of carbonyl (C=O) groups is 2. The molecule has 0 bridgehead atoms. The molecule has 1 amide bonds. The van der Waals surface area contributed by atoms with Crippen LogP contribution in [0, 0.1) is 5.92 Å². The Morgan fingerprint density at radius 1 is 1.62 bits per heavy atom. The Hall–Kier alpha value is -1.06. The van der Waals surface area contributed by atoms with E-state index < -0.39 is 11.5 Å². The van der Waals surface area contributed by atoms with Crippen molar-refractivity contribution in [2.75, 3.05) is 0 Å². The monoisotopic (exact) mass is 187 g/mol. The fourth-order valence-corrected chi connectivity index (χ4v) is 0.948. The molecule has 2 N–H and O–H groups in total. The van der Waals surface area contributed by atoms with Crippen molar-refractivity contribution in [3.63, 3.8) is 0 Å². The van der Waals surface area contributed by atoms with Crippen LogP contribution in [-0.4, -0.2) is 23.0 Å². The van der Waals surface area contributed by atoms with Gasteiger partial charge in [-0.3, -0.25) is 4.79 Å². The SMILES string of the molecule is CC(C)CCC(C)(NC=O)C(=O)O. The van der Waals surface area contributed by atoms with E-state index in [0.717, 1.165) is 6.42 Å². The Morgan fingerprint density at radius 2 is 2.15 bits per heavy atom. The van der Waals surface area contributed by atoms with Crippen LogP contribution in [0.5, 0.6) is 0 Å². The van der Waals surface area contributed by atoms with E-state index in [1.165, 1.54) is 6.92 Å². The van der Waals surface area contributed by atoms with Gasteiger partial charge in [0.25, 0.3) is 0 Å². The standard InChI is InChI=1S/C9H17NO3/c1-7(2)4-5-9(3,8(12)13)10-6-11/h6-7H,4-5H2,1-3H3,(H,10,11)(H,12,13). The third kappa shape index (κ3) is 3.92. The molecule has 0 aromatic heterocycles. The van der Waals surface area contributed by atoms with Crippen LogP contribution in [0.3, 0.4) is 0 Å². The van der Waals surface area contributed by atoms with Gasteiger partial charge in [-0.2, -0.15) is 0 Å². The summed E-state index contributed by atoms with van der Waals surface area (Å²) in [5.74, 6) is -0.549. The number of aliphatic carboxylic acids is 1.